The van der Waals surface area contributed by atoms with E-state index in [1.165, 1.54) is 0 Å². The van der Waals surface area contributed by atoms with E-state index in [0.717, 1.165) is 18.0 Å². The van der Waals surface area contributed by atoms with E-state index in [1.807, 2.05) is 13.8 Å². The van der Waals surface area contributed by atoms with Crippen LogP contribution in [0.3, 0.4) is 0 Å². The normalized spacial score (nSPS) is 23.4. The van der Waals surface area contributed by atoms with Crippen molar-refractivity contribution in [2.75, 3.05) is 26.2 Å². The molecule has 0 bridgehead atoms. The lowest BCUT2D eigenvalue weighted by Gasteiger charge is -2.31. The lowest BCUT2D eigenvalue weighted by atomic mass is 10.2. The molecule has 2 amide bonds. The zero-order valence-corrected chi connectivity index (χ0v) is 14.6. The van der Waals surface area contributed by atoms with Gasteiger partial charge in [-0.15, -0.1) is 0 Å². The molecule has 0 aliphatic carbocycles. The van der Waals surface area contributed by atoms with Crippen LogP contribution >= 0.6 is 11.6 Å². The Morgan fingerprint density at radius 1 is 1.17 bits per heavy atom. The Labute approximate surface area is 146 Å². The molecule has 1 heterocycles. The number of hydrazine groups is 1. The summed E-state index contributed by atoms with van der Waals surface area (Å²) in [4.78, 5) is 24.7. The van der Waals surface area contributed by atoms with E-state index in [9.17, 15) is 9.59 Å². The van der Waals surface area contributed by atoms with Crippen LogP contribution in [0.5, 0.6) is 5.75 Å². The van der Waals surface area contributed by atoms with Crippen LogP contribution in [0, 0.1) is 0 Å². The van der Waals surface area contributed by atoms with Gasteiger partial charge in [0.25, 0.3) is 11.8 Å². The number of hydrogen-bond donors (Lipinski definition) is 3. The van der Waals surface area contributed by atoms with Crippen molar-refractivity contribution >= 4 is 23.4 Å². The first-order chi connectivity index (χ1) is 11.4. The fraction of sp³-hybridized carbons (Fsp3) is 0.500. The summed E-state index contributed by atoms with van der Waals surface area (Å²) in [5, 5.41) is 0.591. The summed E-state index contributed by atoms with van der Waals surface area (Å²) >= 11 is 5.76. The molecule has 0 saturated carbocycles. The lowest BCUT2D eigenvalue weighted by Crippen LogP contribution is -3.16. The highest BCUT2D eigenvalue weighted by Gasteiger charge is 2.27. The van der Waals surface area contributed by atoms with Gasteiger partial charge in [0.15, 0.2) is 13.2 Å². The number of rotatable bonds is 5. The average molecular weight is 357 g/mol. The number of ether oxygens (including phenoxy) is 2. The Hall–Kier alpha value is -1.83. The van der Waals surface area contributed by atoms with Gasteiger partial charge in [-0.25, -0.2) is 0 Å². The van der Waals surface area contributed by atoms with Crippen molar-refractivity contribution in [3.63, 3.8) is 0 Å². The van der Waals surface area contributed by atoms with E-state index < -0.39 is 5.91 Å². The van der Waals surface area contributed by atoms with Gasteiger partial charge >= 0.3 is 0 Å². The summed E-state index contributed by atoms with van der Waals surface area (Å²) in [6, 6.07) is 6.67. The second kappa shape index (κ2) is 8.86. The molecule has 1 unspecified atom stereocenters. The predicted octanol–water partition coefficient (Wildman–Crippen LogP) is -0.442. The highest BCUT2D eigenvalue weighted by atomic mass is 35.5. The van der Waals surface area contributed by atoms with Crippen LogP contribution in [0.4, 0.5) is 0 Å². The van der Waals surface area contributed by atoms with Crippen molar-refractivity contribution in [2.24, 2.45) is 0 Å². The van der Waals surface area contributed by atoms with Crippen LogP contribution in [-0.4, -0.2) is 50.3 Å². The molecule has 8 heteroatoms. The van der Waals surface area contributed by atoms with Gasteiger partial charge in [-0.1, -0.05) is 11.6 Å². The molecule has 1 fully saturated rings. The molecule has 1 aromatic rings. The SMILES string of the molecule is C[C@@H]1C[NH+](CC(=O)NNC(=O)COc2ccc(Cl)cc2)C[C@H](C)O1. The van der Waals surface area contributed by atoms with E-state index >= 15 is 0 Å². The molecule has 1 saturated heterocycles. The van der Waals surface area contributed by atoms with Crippen molar-refractivity contribution in [1.82, 2.24) is 10.9 Å². The first kappa shape index (κ1) is 18.5. The molecule has 7 nitrogen and oxygen atoms in total. The van der Waals surface area contributed by atoms with Gasteiger partial charge < -0.3 is 14.4 Å². The predicted molar refractivity (Wildman–Crippen MR) is 88.8 cm³/mol. The zero-order valence-electron chi connectivity index (χ0n) is 13.8. The molecule has 0 radical (unpaired) electrons. The third-order valence-electron chi connectivity index (χ3n) is 3.55. The van der Waals surface area contributed by atoms with E-state index in [2.05, 4.69) is 10.9 Å². The first-order valence-electron chi connectivity index (χ1n) is 7.87. The molecule has 1 aliphatic heterocycles. The van der Waals surface area contributed by atoms with E-state index in [4.69, 9.17) is 21.1 Å². The summed E-state index contributed by atoms with van der Waals surface area (Å²) in [6.45, 7) is 5.61. The Balaban J connectivity index is 1.65. The monoisotopic (exact) mass is 356 g/mol. The number of carbonyl (C=O) groups excluding carboxylic acids is 2. The minimum atomic E-state index is -0.433. The molecular formula is C16H23ClN3O4+. The number of carbonyl (C=O) groups is 2. The van der Waals surface area contributed by atoms with E-state index in [1.54, 1.807) is 24.3 Å². The van der Waals surface area contributed by atoms with Crippen LogP contribution in [0.1, 0.15) is 13.8 Å². The maximum Gasteiger partial charge on any atom is 0.293 e. The van der Waals surface area contributed by atoms with Crippen LogP contribution in [0.25, 0.3) is 0 Å². The number of halogens is 1. The molecule has 0 aromatic heterocycles. The lowest BCUT2D eigenvalue weighted by molar-refractivity contribution is -0.907. The molecule has 132 valence electrons. The molecule has 1 aromatic carbocycles. The molecular weight excluding hydrogens is 334 g/mol. The van der Waals surface area contributed by atoms with Crippen LogP contribution in [-0.2, 0) is 14.3 Å². The van der Waals surface area contributed by atoms with Crippen molar-refractivity contribution in [3.05, 3.63) is 29.3 Å². The second-order valence-corrected chi connectivity index (χ2v) is 6.37. The number of hydrogen-bond acceptors (Lipinski definition) is 4. The van der Waals surface area contributed by atoms with Gasteiger partial charge in [0.05, 0.1) is 0 Å². The van der Waals surface area contributed by atoms with Gasteiger partial charge in [0.1, 0.15) is 31.0 Å². The van der Waals surface area contributed by atoms with Gasteiger partial charge in [0, 0.05) is 5.02 Å². The van der Waals surface area contributed by atoms with E-state index in [-0.39, 0.29) is 31.3 Å². The minimum absolute atomic E-state index is 0.124. The Morgan fingerprint density at radius 3 is 2.38 bits per heavy atom. The minimum Gasteiger partial charge on any atom is -0.484 e. The molecule has 24 heavy (non-hydrogen) atoms. The second-order valence-electron chi connectivity index (χ2n) is 5.93. The third-order valence-corrected chi connectivity index (χ3v) is 3.80. The van der Waals surface area contributed by atoms with Crippen molar-refractivity contribution in [3.8, 4) is 5.75 Å². The van der Waals surface area contributed by atoms with Gasteiger partial charge in [-0.05, 0) is 38.1 Å². The summed E-state index contributed by atoms with van der Waals surface area (Å²) < 4.78 is 10.9. The van der Waals surface area contributed by atoms with E-state index in [0.29, 0.717) is 10.8 Å². The highest BCUT2D eigenvalue weighted by molar-refractivity contribution is 6.30. The number of morpholine rings is 1. The Morgan fingerprint density at radius 2 is 1.75 bits per heavy atom. The van der Waals surface area contributed by atoms with Crippen LogP contribution < -0.4 is 20.5 Å². The number of benzene rings is 1. The fourth-order valence-corrected chi connectivity index (χ4v) is 2.79. The maximum atomic E-state index is 11.9. The number of nitrogens with one attached hydrogen (secondary N) is 3. The summed E-state index contributed by atoms with van der Waals surface area (Å²) in [6.07, 6.45) is 0.248. The van der Waals surface area contributed by atoms with Crippen molar-refractivity contribution in [1.29, 1.82) is 0 Å². The molecule has 1 aliphatic rings. The molecule has 2 rings (SSSR count). The zero-order chi connectivity index (χ0) is 17.5. The smallest absolute Gasteiger partial charge is 0.293 e. The average Bonchev–Trinajstić information content (AvgIpc) is 2.51. The van der Waals surface area contributed by atoms with Crippen LogP contribution in [0.15, 0.2) is 24.3 Å². The maximum absolute atomic E-state index is 11.9. The number of amides is 2. The number of quaternary nitrogens is 1. The van der Waals surface area contributed by atoms with Gasteiger partial charge in [-0.3, -0.25) is 20.4 Å². The van der Waals surface area contributed by atoms with Crippen molar-refractivity contribution in [2.45, 2.75) is 26.1 Å². The van der Waals surface area contributed by atoms with Crippen LogP contribution in [0.2, 0.25) is 5.02 Å². The molecule has 0 spiro atoms. The Bertz CT molecular complexity index is 557. The third kappa shape index (κ3) is 6.35. The quantitative estimate of drug-likeness (QED) is 0.625. The summed E-state index contributed by atoms with van der Waals surface area (Å²) in [7, 11) is 0. The van der Waals surface area contributed by atoms with Gasteiger partial charge in [0.2, 0.25) is 0 Å². The topological polar surface area (TPSA) is 81.1 Å². The molecule has 3 atom stereocenters. The first-order valence-corrected chi connectivity index (χ1v) is 8.25. The molecule has 3 N–H and O–H groups in total. The van der Waals surface area contributed by atoms with Gasteiger partial charge in [-0.2, -0.15) is 0 Å². The summed E-state index contributed by atoms with van der Waals surface area (Å²) in [5.41, 5.74) is 4.75. The summed E-state index contributed by atoms with van der Waals surface area (Å²) in [5.74, 6) is -0.148. The Kier molecular flexibility index (Phi) is 6.84. The highest BCUT2D eigenvalue weighted by Crippen LogP contribution is 2.15. The standard InChI is InChI=1S/C16H22ClN3O4/c1-11-7-20(8-12(2)24-11)9-15(21)18-19-16(22)10-23-14-5-3-13(17)4-6-14/h3-6,11-12H,7-10H2,1-2H3,(H,18,21)(H,19,22)/p+1/t11-,12+. The van der Waals surface area contributed by atoms with Crippen molar-refractivity contribution < 1.29 is 24.0 Å². The largest absolute Gasteiger partial charge is 0.484 e. The fourth-order valence-electron chi connectivity index (χ4n) is 2.66.